The van der Waals surface area contributed by atoms with E-state index in [0.717, 1.165) is 35.7 Å². The van der Waals surface area contributed by atoms with Crippen LogP contribution >= 0.6 is 11.6 Å². The highest BCUT2D eigenvalue weighted by molar-refractivity contribution is 6.30. The highest BCUT2D eigenvalue weighted by Crippen LogP contribution is 2.22. The van der Waals surface area contributed by atoms with E-state index in [1.807, 2.05) is 48.2 Å². The Morgan fingerprint density at radius 2 is 1.74 bits per heavy atom. The van der Waals surface area contributed by atoms with E-state index in [0.29, 0.717) is 18.1 Å². The minimum absolute atomic E-state index is 0.0915. The minimum Gasteiger partial charge on any atom is -0.368 e. The first-order valence-electron chi connectivity index (χ1n) is 8.87. The van der Waals surface area contributed by atoms with E-state index in [1.165, 1.54) is 6.92 Å². The molecule has 6 nitrogen and oxygen atoms in total. The molecule has 1 heterocycles. The molecule has 1 fully saturated rings. The van der Waals surface area contributed by atoms with Gasteiger partial charge in [-0.15, -0.1) is 0 Å². The zero-order valence-electron chi connectivity index (χ0n) is 15.5. The van der Waals surface area contributed by atoms with Crippen LogP contribution in [0.25, 0.3) is 0 Å². The Kier molecular flexibility index (Phi) is 5.86. The van der Waals surface area contributed by atoms with Crippen LogP contribution in [0.1, 0.15) is 12.5 Å². The lowest BCUT2D eigenvalue weighted by Gasteiger charge is -2.36. The van der Waals surface area contributed by atoms with Crippen molar-refractivity contribution in [1.82, 2.24) is 4.90 Å². The van der Waals surface area contributed by atoms with Gasteiger partial charge in [0.15, 0.2) is 0 Å². The van der Waals surface area contributed by atoms with Crippen molar-refractivity contribution in [3.05, 3.63) is 53.1 Å². The molecule has 0 spiro atoms. The number of hydrogen-bond donors (Lipinski definition) is 2. The second-order valence-corrected chi connectivity index (χ2v) is 7.03. The van der Waals surface area contributed by atoms with Gasteiger partial charge in [-0.3, -0.25) is 4.79 Å². The summed E-state index contributed by atoms with van der Waals surface area (Å²) in [4.78, 5) is 27.8. The van der Waals surface area contributed by atoms with Crippen LogP contribution in [0.3, 0.4) is 0 Å². The summed E-state index contributed by atoms with van der Waals surface area (Å²) in [5, 5.41) is 6.41. The van der Waals surface area contributed by atoms with Crippen LogP contribution in [0, 0.1) is 6.92 Å². The number of amides is 3. The summed E-state index contributed by atoms with van der Waals surface area (Å²) in [5.41, 5.74) is 3.52. The SMILES string of the molecule is CC(=O)Nc1cccc(N2CCN(C(=O)Nc3ccc(Cl)cc3C)CC2)c1. The molecule has 2 aromatic carbocycles. The third kappa shape index (κ3) is 4.92. The molecule has 0 saturated carbocycles. The van der Waals surface area contributed by atoms with Crippen molar-refractivity contribution >= 4 is 40.6 Å². The van der Waals surface area contributed by atoms with Gasteiger partial charge in [-0.05, 0) is 48.9 Å². The number of rotatable bonds is 3. The molecule has 142 valence electrons. The molecule has 3 amide bonds. The second kappa shape index (κ2) is 8.31. The fourth-order valence-electron chi connectivity index (χ4n) is 3.11. The Bertz CT molecular complexity index is 848. The Morgan fingerprint density at radius 3 is 2.41 bits per heavy atom. The molecule has 27 heavy (non-hydrogen) atoms. The quantitative estimate of drug-likeness (QED) is 0.839. The fourth-order valence-corrected chi connectivity index (χ4v) is 3.34. The van der Waals surface area contributed by atoms with Gasteiger partial charge >= 0.3 is 6.03 Å². The molecule has 1 aliphatic heterocycles. The first-order chi connectivity index (χ1) is 12.9. The first-order valence-corrected chi connectivity index (χ1v) is 9.25. The monoisotopic (exact) mass is 386 g/mol. The normalized spacial score (nSPS) is 14.0. The molecule has 2 N–H and O–H groups in total. The molecule has 0 radical (unpaired) electrons. The molecule has 0 atom stereocenters. The number of carbonyl (C=O) groups is 2. The highest BCUT2D eigenvalue weighted by atomic mass is 35.5. The second-order valence-electron chi connectivity index (χ2n) is 6.60. The van der Waals surface area contributed by atoms with E-state index in [4.69, 9.17) is 11.6 Å². The summed E-state index contributed by atoms with van der Waals surface area (Å²) in [5.74, 6) is -0.0915. The number of anilines is 3. The number of piperazine rings is 1. The summed E-state index contributed by atoms with van der Waals surface area (Å²) in [6.45, 7) is 6.13. The van der Waals surface area contributed by atoms with Crippen LogP contribution in [0.2, 0.25) is 5.02 Å². The van der Waals surface area contributed by atoms with Crippen LogP contribution in [0.4, 0.5) is 21.9 Å². The number of urea groups is 1. The van der Waals surface area contributed by atoms with E-state index >= 15 is 0 Å². The van der Waals surface area contributed by atoms with Crippen molar-refractivity contribution in [2.75, 3.05) is 41.7 Å². The summed E-state index contributed by atoms with van der Waals surface area (Å²) in [6.07, 6.45) is 0. The van der Waals surface area contributed by atoms with Gasteiger partial charge in [0.05, 0.1) is 0 Å². The highest BCUT2D eigenvalue weighted by Gasteiger charge is 2.22. The Labute approximate surface area is 164 Å². The Hall–Kier alpha value is -2.73. The summed E-state index contributed by atoms with van der Waals surface area (Å²) >= 11 is 5.96. The molecule has 7 heteroatoms. The smallest absolute Gasteiger partial charge is 0.321 e. The summed E-state index contributed by atoms with van der Waals surface area (Å²) in [6, 6.07) is 13.1. The number of aryl methyl sites for hydroxylation is 1. The van der Waals surface area contributed by atoms with Crippen LogP contribution < -0.4 is 15.5 Å². The minimum atomic E-state index is -0.105. The molecule has 2 aromatic rings. The lowest BCUT2D eigenvalue weighted by Crippen LogP contribution is -2.50. The third-order valence-electron chi connectivity index (χ3n) is 4.53. The molecule has 0 bridgehead atoms. The number of nitrogens with zero attached hydrogens (tertiary/aromatic N) is 2. The van der Waals surface area contributed by atoms with Crippen LogP contribution in [0.15, 0.2) is 42.5 Å². The van der Waals surface area contributed by atoms with Gasteiger partial charge in [0.25, 0.3) is 0 Å². The maximum Gasteiger partial charge on any atom is 0.321 e. The molecular formula is C20H23ClN4O2. The predicted molar refractivity (Wildman–Crippen MR) is 110 cm³/mol. The number of benzene rings is 2. The van der Waals surface area contributed by atoms with Gasteiger partial charge in [-0.2, -0.15) is 0 Å². The van der Waals surface area contributed by atoms with E-state index in [1.54, 1.807) is 6.07 Å². The average Bonchev–Trinajstić information content (AvgIpc) is 2.64. The largest absolute Gasteiger partial charge is 0.368 e. The van der Waals surface area contributed by atoms with Crippen molar-refractivity contribution in [1.29, 1.82) is 0 Å². The maximum atomic E-state index is 12.5. The number of nitrogens with one attached hydrogen (secondary N) is 2. The van der Waals surface area contributed by atoms with Crippen molar-refractivity contribution in [3.8, 4) is 0 Å². The van der Waals surface area contributed by atoms with Crippen molar-refractivity contribution in [2.45, 2.75) is 13.8 Å². The van der Waals surface area contributed by atoms with E-state index in [-0.39, 0.29) is 11.9 Å². The van der Waals surface area contributed by atoms with Gasteiger partial charge in [0, 0.05) is 55.2 Å². The van der Waals surface area contributed by atoms with E-state index in [2.05, 4.69) is 15.5 Å². The molecule has 1 aliphatic rings. The maximum absolute atomic E-state index is 12.5. The molecule has 0 aromatic heterocycles. The molecule has 0 aliphatic carbocycles. The fraction of sp³-hybridized carbons (Fsp3) is 0.300. The average molecular weight is 387 g/mol. The van der Waals surface area contributed by atoms with Crippen LogP contribution in [0.5, 0.6) is 0 Å². The van der Waals surface area contributed by atoms with Crippen molar-refractivity contribution < 1.29 is 9.59 Å². The van der Waals surface area contributed by atoms with Gasteiger partial charge in [0.1, 0.15) is 0 Å². The van der Waals surface area contributed by atoms with Crippen molar-refractivity contribution in [2.24, 2.45) is 0 Å². The summed E-state index contributed by atoms with van der Waals surface area (Å²) < 4.78 is 0. The molecular weight excluding hydrogens is 364 g/mol. The molecule has 1 saturated heterocycles. The van der Waals surface area contributed by atoms with E-state index in [9.17, 15) is 9.59 Å². The topological polar surface area (TPSA) is 64.7 Å². The zero-order valence-corrected chi connectivity index (χ0v) is 16.2. The number of hydrogen-bond acceptors (Lipinski definition) is 3. The van der Waals surface area contributed by atoms with Crippen LogP contribution in [-0.4, -0.2) is 43.0 Å². The lowest BCUT2D eigenvalue weighted by atomic mass is 10.2. The Morgan fingerprint density at radius 1 is 1.00 bits per heavy atom. The third-order valence-corrected chi connectivity index (χ3v) is 4.76. The number of carbonyl (C=O) groups excluding carboxylic acids is 2. The molecule has 0 unspecified atom stereocenters. The van der Waals surface area contributed by atoms with Gasteiger partial charge in [0.2, 0.25) is 5.91 Å². The lowest BCUT2D eigenvalue weighted by molar-refractivity contribution is -0.114. The van der Waals surface area contributed by atoms with Crippen LogP contribution in [-0.2, 0) is 4.79 Å². The van der Waals surface area contributed by atoms with Gasteiger partial charge < -0.3 is 20.4 Å². The number of halogens is 1. The van der Waals surface area contributed by atoms with Crippen molar-refractivity contribution in [3.63, 3.8) is 0 Å². The van der Waals surface area contributed by atoms with Gasteiger partial charge in [-0.1, -0.05) is 17.7 Å². The first kappa shape index (κ1) is 19.0. The zero-order chi connectivity index (χ0) is 19.4. The summed E-state index contributed by atoms with van der Waals surface area (Å²) in [7, 11) is 0. The molecule has 3 rings (SSSR count). The van der Waals surface area contributed by atoms with E-state index < -0.39 is 0 Å². The standard InChI is InChI=1S/C20H23ClN4O2/c1-14-12-16(21)6-7-19(14)23-20(27)25-10-8-24(9-11-25)18-5-3-4-17(13-18)22-15(2)26/h3-7,12-13H,8-11H2,1-2H3,(H,22,26)(H,23,27). The Balaban J connectivity index is 1.58. The van der Waals surface area contributed by atoms with Gasteiger partial charge in [-0.25, -0.2) is 4.79 Å². The predicted octanol–water partition coefficient (Wildman–Crippen LogP) is 3.96.